The van der Waals surface area contributed by atoms with E-state index in [-0.39, 0.29) is 26.6 Å². The summed E-state index contributed by atoms with van der Waals surface area (Å²) in [6.45, 7) is 1.28. The van der Waals surface area contributed by atoms with Crippen LogP contribution in [0.3, 0.4) is 0 Å². The van der Waals surface area contributed by atoms with Gasteiger partial charge in [-0.05, 0) is 107 Å². The van der Waals surface area contributed by atoms with Crippen molar-refractivity contribution in [1.29, 1.82) is 5.26 Å². The van der Waals surface area contributed by atoms with E-state index in [9.17, 15) is 23.2 Å². The number of benzene rings is 4. The highest BCUT2D eigenvalue weighted by molar-refractivity contribution is 14.1. The SMILES string of the molecule is N#Cc1cccc(-n2nc(C(F)(F)F)c(I)c2C(=O)Nc2cccc(C(NCC3CC3)c3ccc(OCc4ccccc4)cc3)c2)c1. The van der Waals surface area contributed by atoms with Crippen LogP contribution in [0.4, 0.5) is 18.9 Å². The maximum absolute atomic E-state index is 13.9. The summed E-state index contributed by atoms with van der Waals surface area (Å²) in [6.07, 6.45) is -2.44. The third kappa shape index (κ3) is 7.84. The van der Waals surface area contributed by atoms with Crippen LogP contribution in [0.15, 0.2) is 103 Å². The van der Waals surface area contributed by atoms with Crippen LogP contribution in [0.2, 0.25) is 0 Å². The van der Waals surface area contributed by atoms with Crippen LogP contribution in [0.25, 0.3) is 5.69 Å². The molecule has 1 aliphatic carbocycles. The summed E-state index contributed by atoms with van der Waals surface area (Å²) in [7, 11) is 0. The second kappa shape index (κ2) is 14.0. The molecular weight excluding hydrogens is 718 g/mol. The minimum atomic E-state index is -4.79. The van der Waals surface area contributed by atoms with Crippen molar-refractivity contribution in [3.63, 3.8) is 0 Å². The molecule has 7 nitrogen and oxygen atoms in total. The quantitative estimate of drug-likeness (QED) is 0.133. The molecule has 2 N–H and O–H groups in total. The van der Waals surface area contributed by atoms with Crippen LogP contribution in [-0.4, -0.2) is 22.2 Å². The third-order valence-corrected chi connectivity index (χ3v) is 8.80. The van der Waals surface area contributed by atoms with Crippen LogP contribution < -0.4 is 15.4 Å². The molecule has 1 aromatic heterocycles. The number of amides is 1. The van der Waals surface area contributed by atoms with Gasteiger partial charge in [-0.1, -0.05) is 60.7 Å². The average Bonchev–Trinajstić information content (AvgIpc) is 3.83. The van der Waals surface area contributed by atoms with Crippen LogP contribution in [0.5, 0.6) is 5.75 Å². The van der Waals surface area contributed by atoms with Gasteiger partial charge < -0.3 is 15.4 Å². The second-order valence-electron chi connectivity index (χ2n) is 11.3. The number of hydrogen-bond acceptors (Lipinski definition) is 5. The van der Waals surface area contributed by atoms with E-state index in [2.05, 4.69) is 15.7 Å². The fourth-order valence-electron chi connectivity index (χ4n) is 5.19. The first-order chi connectivity index (χ1) is 22.7. The van der Waals surface area contributed by atoms with Crippen molar-refractivity contribution in [2.45, 2.75) is 31.7 Å². The van der Waals surface area contributed by atoms with Crippen molar-refractivity contribution in [3.05, 3.63) is 140 Å². The Morgan fingerprint density at radius 2 is 1.72 bits per heavy atom. The van der Waals surface area contributed by atoms with Crippen molar-refractivity contribution in [3.8, 4) is 17.5 Å². The smallest absolute Gasteiger partial charge is 0.436 e. The number of hydrogen-bond donors (Lipinski definition) is 2. The van der Waals surface area contributed by atoms with Crippen molar-refractivity contribution in [1.82, 2.24) is 15.1 Å². The summed E-state index contributed by atoms with van der Waals surface area (Å²) in [5.41, 5.74) is 2.29. The fraction of sp³-hybridized carbons (Fsp3) is 0.194. The van der Waals surface area contributed by atoms with Gasteiger partial charge in [-0.25, -0.2) is 4.68 Å². The topological polar surface area (TPSA) is 92.0 Å². The number of ether oxygens (including phenoxy) is 1. The first-order valence-electron chi connectivity index (χ1n) is 15.0. The number of aromatic nitrogens is 2. The van der Waals surface area contributed by atoms with Crippen LogP contribution in [-0.2, 0) is 12.8 Å². The Kier molecular flexibility index (Phi) is 9.60. The number of carbonyl (C=O) groups excluding carboxylic acids is 1. The van der Waals surface area contributed by atoms with Gasteiger partial charge in [0.15, 0.2) is 5.69 Å². The minimum absolute atomic E-state index is 0.164. The van der Waals surface area contributed by atoms with E-state index in [1.807, 2.05) is 72.8 Å². The standard InChI is InChI=1S/C36H29F3IN5O2/c37-36(38,39)34-31(40)33(45(44-34)29-11-4-8-25(18-29)20-41)35(46)43-28-10-5-9-27(19-28)32(42-21-23-12-13-23)26-14-16-30(17-15-26)47-22-24-6-2-1-3-7-24/h1-11,14-19,23,32,42H,12-13,21-22H2,(H,43,46). The summed E-state index contributed by atoms with van der Waals surface area (Å²) in [5, 5.41) is 19.5. The van der Waals surface area contributed by atoms with Gasteiger partial charge in [-0.2, -0.15) is 23.5 Å². The second-order valence-corrected chi connectivity index (χ2v) is 12.4. The van der Waals surface area contributed by atoms with Gasteiger partial charge >= 0.3 is 6.18 Å². The molecule has 0 bridgehead atoms. The number of anilines is 1. The van der Waals surface area contributed by atoms with E-state index in [1.54, 1.807) is 12.1 Å². The Bertz CT molecular complexity index is 1920. The van der Waals surface area contributed by atoms with E-state index in [4.69, 9.17) is 4.74 Å². The van der Waals surface area contributed by atoms with Gasteiger partial charge in [0, 0.05) is 5.69 Å². The number of nitrogens with one attached hydrogen (secondary N) is 2. The summed E-state index contributed by atoms with van der Waals surface area (Å²) >= 11 is 1.50. The summed E-state index contributed by atoms with van der Waals surface area (Å²) in [4.78, 5) is 13.7. The molecule has 1 unspecified atom stereocenters. The van der Waals surface area contributed by atoms with Crippen LogP contribution in [0.1, 0.15) is 57.3 Å². The highest BCUT2D eigenvalue weighted by Gasteiger charge is 2.40. The molecule has 238 valence electrons. The maximum atomic E-state index is 13.9. The molecule has 6 rings (SSSR count). The molecule has 47 heavy (non-hydrogen) atoms. The minimum Gasteiger partial charge on any atom is -0.489 e. The van der Waals surface area contributed by atoms with Crippen molar-refractivity contribution < 1.29 is 22.7 Å². The fourth-order valence-corrected chi connectivity index (χ4v) is 6.08. The first-order valence-corrected chi connectivity index (χ1v) is 16.0. The first kappa shape index (κ1) is 32.3. The lowest BCUT2D eigenvalue weighted by Crippen LogP contribution is -2.25. The van der Waals surface area contributed by atoms with E-state index in [1.165, 1.54) is 59.7 Å². The summed E-state index contributed by atoms with van der Waals surface area (Å²) in [6, 6.07) is 32.7. The highest BCUT2D eigenvalue weighted by Crippen LogP contribution is 2.35. The molecule has 1 aliphatic rings. The molecule has 0 saturated heterocycles. The molecule has 11 heteroatoms. The number of rotatable bonds is 11. The van der Waals surface area contributed by atoms with E-state index >= 15 is 0 Å². The maximum Gasteiger partial charge on any atom is 0.436 e. The molecule has 1 atom stereocenters. The lowest BCUT2D eigenvalue weighted by atomic mass is 9.97. The van der Waals surface area contributed by atoms with Gasteiger partial charge in [0.1, 0.15) is 18.1 Å². The Morgan fingerprint density at radius 1 is 0.979 bits per heavy atom. The molecule has 1 amide bonds. The lowest BCUT2D eigenvalue weighted by Gasteiger charge is -2.21. The zero-order chi connectivity index (χ0) is 33.0. The van der Waals surface area contributed by atoms with Gasteiger partial charge in [0.05, 0.1) is 26.9 Å². The molecule has 5 aromatic rings. The third-order valence-electron chi connectivity index (χ3n) is 7.78. The highest BCUT2D eigenvalue weighted by atomic mass is 127. The van der Waals surface area contributed by atoms with E-state index in [0.717, 1.165) is 33.7 Å². The number of halogens is 4. The van der Waals surface area contributed by atoms with Gasteiger partial charge in [-0.3, -0.25) is 4.79 Å². The molecule has 1 heterocycles. The Hall–Kier alpha value is -4.67. The Labute approximate surface area is 283 Å². The molecule has 1 fully saturated rings. The van der Waals surface area contributed by atoms with Crippen LogP contribution in [0, 0.1) is 20.8 Å². The van der Waals surface area contributed by atoms with Gasteiger partial charge in [0.2, 0.25) is 0 Å². The molecule has 1 saturated carbocycles. The van der Waals surface area contributed by atoms with Crippen molar-refractivity contribution in [2.75, 3.05) is 11.9 Å². The number of nitrogens with zero attached hydrogens (tertiary/aromatic N) is 3. The Balaban J connectivity index is 1.26. The van der Waals surface area contributed by atoms with Gasteiger partial charge in [0.25, 0.3) is 5.91 Å². The average molecular weight is 748 g/mol. The van der Waals surface area contributed by atoms with Crippen LogP contribution >= 0.6 is 22.6 Å². The summed E-state index contributed by atoms with van der Waals surface area (Å²) < 4.78 is 48.3. The predicted octanol–water partition coefficient (Wildman–Crippen LogP) is 8.29. The molecule has 0 spiro atoms. The van der Waals surface area contributed by atoms with E-state index < -0.39 is 17.8 Å². The summed E-state index contributed by atoms with van der Waals surface area (Å²) in [5.74, 6) is 0.585. The normalized spacial score (nSPS) is 13.5. The Morgan fingerprint density at radius 3 is 2.43 bits per heavy atom. The lowest BCUT2D eigenvalue weighted by molar-refractivity contribution is -0.142. The molecular formula is C36H29F3IN5O2. The monoisotopic (exact) mass is 747 g/mol. The zero-order valence-corrected chi connectivity index (χ0v) is 27.1. The van der Waals surface area contributed by atoms with Gasteiger partial charge in [-0.15, -0.1) is 0 Å². The molecule has 4 aromatic carbocycles. The molecule has 0 radical (unpaired) electrons. The van der Waals surface area contributed by atoms with Crippen molar-refractivity contribution in [2.24, 2.45) is 5.92 Å². The largest absolute Gasteiger partial charge is 0.489 e. The van der Waals surface area contributed by atoms with E-state index in [0.29, 0.717) is 18.2 Å². The number of nitriles is 1. The number of carbonyl (C=O) groups is 1. The molecule has 0 aliphatic heterocycles. The number of alkyl halides is 3. The zero-order valence-electron chi connectivity index (χ0n) is 25.0. The predicted molar refractivity (Wildman–Crippen MR) is 180 cm³/mol. The van der Waals surface area contributed by atoms with Crippen molar-refractivity contribution >= 4 is 34.2 Å².